The third kappa shape index (κ3) is 3.05. The lowest BCUT2D eigenvalue weighted by Gasteiger charge is -2.27. The van der Waals surface area contributed by atoms with Gasteiger partial charge in [-0.15, -0.1) is 0 Å². The summed E-state index contributed by atoms with van der Waals surface area (Å²) in [6.45, 7) is 5.69. The molecule has 0 radical (unpaired) electrons. The highest BCUT2D eigenvalue weighted by molar-refractivity contribution is 7.80. The lowest BCUT2D eigenvalue weighted by Crippen LogP contribution is -2.48. The van der Waals surface area contributed by atoms with E-state index in [0.717, 1.165) is 23.5 Å². The van der Waals surface area contributed by atoms with Crippen LogP contribution < -0.4 is 10.6 Å². The van der Waals surface area contributed by atoms with E-state index < -0.39 is 0 Å². The number of thiocarbonyl (C=S) groups is 1. The molecule has 1 saturated heterocycles. The van der Waals surface area contributed by atoms with Gasteiger partial charge in [-0.25, -0.2) is 0 Å². The van der Waals surface area contributed by atoms with Gasteiger partial charge in [0.2, 0.25) is 0 Å². The largest absolute Gasteiger partial charge is 0.361 e. The Labute approximate surface area is 122 Å². The highest BCUT2D eigenvalue weighted by Crippen LogP contribution is 2.44. The first-order chi connectivity index (χ1) is 9.26. The number of nitrogens with zero attached hydrogens (tertiary/aromatic N) is 1. The summed E-state index contributed by atoms with van der Waals surface area (Å²) in [6, 6.07) is 1.34. The van der Waals surface area contributed by atoms with Crippen molar-refractivity contribution < 1.29 is 0 Å². The summed E-state index contributed by atoms with van der Waals surface area (Å²) in [7, 11) is 0. The molecule has 2 saturated carbocycles. The fourth-order valence-electron chi connectivity index (χ4n) is 4.39. The predicted molar refractivity (Wildman–Crippen MR) is 83.2 cm³/mol. The number of likely N-dealkylation sites (tertiary alicyclic amines) is 1. The fraction of sp³-hybridized carbons (Fsp3) is 0.933. The van der Waals surface area contributed by atoms with Crippen molar-refractivity contribution in [3.05, 3.63) is 0 Å². The van der Waals surface area contributed by atoms with E-state index in [1.807, 2.05) is 0 Å². The van der Waals surface area contributed by atoms with Crippen LogP contribution in [-0.4, -0.2) is 41.7 Å². The van der Waals surface area contributed by atoms with E-state index in [0.29, 0.717) is 12.1 Å². The second kappa shape index (κ2) is 5.96. The SMILES string of the molecule is CCN1CCC[C@H]1CNC(=S)N[C@H]1C[C@H]2CC[C@H]1C2. The molecule has 2 N–H and O–H groups in total. The standard InChI is InChI=1S/C15H27N3S/c1-2-18-7-3-4-13(18)10-16-15(19)17-14-9-11-5-6-12(14)8-11/h11-14H,2-10H2,1H3,(H2,16,17,19)/t11-,12-,13-,14-/m0/s1. The summed E-state index contributed by atoms with van der Waals surface area (Å²) < 4.78 is 0. The summed E-state index contributed by atoms with van der Waals surface area (Å²) in [5.74, 6) is 1.87. The van der Waals surface area contributed by atoms with Crippen molar-refractivity contribution in [1.29, 1.82) is 0 Å². The van der Waals surface area contributed by atoms with Gasteiger partial charge in [0, 0.05) is 18.6 Å². The summed E-state index contributed by atoms with van der Waals surface area (Å²) in [5, 5.41) is 7.91. The van der Waals surface area contributed by atoms with Crippen LogP contribution in [0.15, 0.2) is 0 Å². The van der Waals surface area contributed by atoms with Crippen molar-refractivity contribution >= 4 is 17.3 Å². The number of fused-ring (bicyclic) bond motifs is 2. The topological polar surface area (TPSA) is 27.3 Å². The first-order valence-electron chi connectivity index (χ1n) is 8.04. The monoisotopic (exact) mass is 281 g/mol. The van der Waals surface area contributed by atoms with Crippen LogP contribution in [0.3, 0.4) is 0 Å². The van der Waals surface area contributed by atoms with Gasteiger partial charge in [0.1, 0.15) is 0 Å². The summed E-state index contributed by atoms with van der Waals surface area (Å²) in [6.07, 6.45) is 8.31. The van der Waals surface area contributed by atoms with Crippen LogP contribution in [0.1, 0.15) is 45.4 Å². The average molecular weight is 281 g/mol. The van der Waals surface area contributed by atoms with E-state index in [1.54, 1.807) is 0 Å². The molecule has 1 heterocycles. The minimum Gasteiger partial charge on any atom is -0.361 e. The molecule has 0 amide bonds. The minimum absolute atomic E-state index is 0.657. The van der Waals surface area contributed by atoms with E-state index in [1.165, 1.54) is 51.6 Å². The molecule has 0 aromatic rings. The van der Waals surface area contributed by atoms with Crippen molar-refractivity contribution in [2.45, 2.75) is 57.5 Å². The van der Waals surface area contributed by atoms with Gasteiger partial charge in [-0.1, -0.05) is 13.3 Å². The molecule has 0 aromatic carbocycles. The molecule has 19 heavy (non-hydrogen) atoms. The number of hydrogen-bond acceptors (Lipinski definition) is 2. The van der Waals surface area contributed by atoms with Gasteiger partial charge in [-0.3, -0.25) is 4.90 Å². The molecule has 3 fully saturated rings. The van der Waals surface area contributed by atoms with Crippen LogP contribution in [0.5, 0.6) is 0 Å². The molecular weight excluding hydrogens is 254 g/mol. The van der Waals surface area contributed by atoms with E-state index in [-0.39, 0.29) is 0 Å². The molecule has 1 aliphatic heterocycles. The number of hydrogen-bond donors (Lipinski definition) is 2. The zero-order chi connectivity index (χ0) is 13.2. The fourth-order valence-corrected chi connectivity index (χ4v) is 4.63. The second-order valence-electron chi connectivity index (χ2n) is 6.56. The lowest BCUT2D eigenvalue weighted by atomic mass is 9.96. The van der Waals surface area contributed by atoms with Crippen molar-refractivity contribution in [1.82, 2.24) is 15.5 Å². The van der Waals surface area contributed by atoms with E-state index in [4.69, 9.17) is 12.2 Å². The Morgan fingerprint density at radius 2 is 2.16 bits per heavy atom. The Kier molecular flexibility index (Phi) is 4.27. The second-order valence-corrected chi connectivity index (χ2v) is 6.97. The van der Waals surface area contributed by atoms with Crippen LogP contribution >= 0.6 is 12.2 Å². The molecule has 0 spiro atoms. The van der Waals surface area contributed by atoms with Crippen molar-refractivity contribution in [2.75, 3.05) is 19.6 Å². The van der Waals surface area contributed by atoms with Gasteiger partial charge in [-0.2, -0.15) is 0 Å². The van der Waals surface area contributed by atoms with E-state index in [2.05, 4.69) is 22.5 Å². The molecule has 2 aliphatic carbocycles. The summed E-state index contributed by atoms with van der Waals surface area (Å²) >= 11 is 5.48. The van der Waals surface area contributed by atoms with Crippen LogP contribution in [-0.2, 0) is 0 Å². The van der Waals surface area contributed by atoms with Gasteiger partial charge < -0.3 is 10.6 Å². The van der Waals surface area contributed by atoms with Crippen LogP contribution in [0, 0.1) is 11.8 Å². The van der Waals surface area contributed by atoms with Crippen molar-refractivity contribution in [3.63, 3.8) is 0 Å². The molecule has 3 rings (SSSR count). The molecule has 0 aromatic heterocycles. The molecular formula is C15H27N3S. The molecule has 4 atom stereocenters. The van der Waals surface area contributed by atoms with Gasteiger partial charge in [0.05, 0.1) is 0 Å². The predicted octanol–water partition coefficient (Wildman–Crippen LogP) is 2.12. The maximum atomic E-state index is 5.48. The number of nitrogens with one attached hydrogen (secondary N) is 2. The Morgan fingerprint density at radius 1 is 1.26 bits per heavy atom. The first-order valence-corrected chi connectivity index (χ1v) is 8.45. The van der Waals surface area contributed by atoms with Gasteiger partial charge in [-0.05, 0) is 69.2 Å². The Bertz CT molecular complexity index is 333. The van der Waals surface area contributed by atoms with Gasteiger partial charge >= 0.3 is 0 Å². The summed E-state index contributed by atoms with van der Waals surface area (Å²) in [5.41, 5.74) is 0. The van der Waals surface area contributed by atoms with Gasteiger partial charge in [0.25, 0.3) is 0 Å². The van der Waals surface area contributed by atoms with Crippen LogP contribution in [0.25, 0.3) is 0 Å². The Hall–Kier alpha value is -0.350. The van der Waals surface area contributed by atoms with Crippen LogP contribution in [0.2, 0.25) is 0 Å². The zero-order valence-corrected chi connectivity index (χ0v) is 12.8. The molecule has 108 valence electrons. The Morgan fingerprint density at radius 3 is 2.84 bits per heavy atom. The maximum absolute atomic E-state index is 5.48. The zero-order valence-electron chi connectivity index (χ0n) is 12.0. The molecule has 4 heteroatoms. The average Bonchev–Trinajstić information content (AvgIpc) is 3.11. The number of likely N-dealkylation sites (N-methyl/N-ethyl adjacent to an activating group) is 1. The molecule has 3 aliphatic rings. The van der Waals surface area contributed by atoms with E-state index in [9.17, 15) is 0 Å². The highest BCUT2D eigenvalue weighted by atomic mass is 32.1. The third-order valence-electron chi connectivity index (χ3n) is 5.46. The smallest absolute Gasteiger partial charge is 0.166 e. The summed E-state index contributed by atoms with van der Waals surface area (Å²) in [4.78, 5) is 2.56. The minimum atomic E-state index is 0.657. The normalized spacial score (nSPS) is 37.7. The maximum Gasteiger partial charge on any atom is 0.166 e. The molecule has 2 bridgehead atoms. The van der Waals surface area contributed by atoms with Gasteiger partial charge in [0.15, 0.2) is 5.11 Å². The van der Waals surface area contributed by atoms with Crippen molar-refractivity contribution in [3.8, 4) is 0 Å². The van der Waals surface area contributed by atoms with E-state index >= 15 is 0 Å². The van der Waals surface area contributed by atoms with Crippen LogP contribution in [0.4, 0.5) is 0 Å². The highest BCUT2D eigenvalue weighted by Gasteiger charge is 2.39. The third-order valence-corrected chi connectivity index (χ3v) is 5.72. The number of rotatable bonds is 4. The quantitative estimate of drug-likeness (QED) is 0.772. The van der Waals surface area contributed by atoms with Crippen molar-refractivity contribution in [2.24, 2.45) is 11.8 Å². The first kappa shape index (κ1) is 13.6. The molecule has 0 unspecified atom stereocenters. The molecule has 3 nitrogen and oxygen atoms in total. The lowest BCUT2D eigenvalue weighted by molar-refractivity contribution is 0.267. The Balaban J connectivity index is 1.39.